The first-order chi connectivity index (χ1) is 12.8. The van der Waals surface area contributed by atoms with Crippen LogP contribution in [-0.2, 0) is 13.1 Å². The fourth-order valence-electron chi connectivity index (χ4n) is 3.86. The average Bonchev–Trinajstić information content (AvgIpc) is 2.68. The van der Waals surface area contributed by atoms with Gasteiger partial charge in [-0.2, -0.15) is 9.13 Å². The molecule has 3 heterocycles. The molecule has 0 aliphatic carbocycles. The summed E-state index contributed by atoms with van der Waals surface area (Å²) < 4.78 is 10.8. The number of nitrogens with zero attached hydrogens (tertiary/aromatic N) is 2. The number of para-hydroxylation sites is 2. The van der Waals surface area contributed by atoms with Crippen LogP contribution in [0, 0.1) is 0 Å². The zero-order chi connectivity index (χ0) is 17.5. The van der Waals surface area contributed by atoms with Gasteiger partial charge < -0.3 is 4.74 Å². The van der Waals surface area contributed by atoms with Crippen molar-refractivity contribution in [1.29, 1.82) is 0 Å². The molecular weight excluding hydrogens is 320 g/mol. The summed E-state index contributed by atoms with van der Waals surface area (Å²) in [5.41, 5.74) is 3.57. The first-order valence-electron chi connectivity index (χ1n) is 9.05. The van der Waals surface area contributed by atoms with Gasteiger partial charge in [-0.15, -0.1) is 0 Å². The Morgan fingerprint density at radius 1 is 0.923 bits per heavy atom. The molecule has 5 rings (SSSR count). The van der Waals surface area contributed by atoms with E-state index in [9.17, 15) is 0 Å². The Labute approximate surface area is 152 Å². The standard InChI is InChI=1S/C23H20N2O/c1-2-25-19(13-12-17-7-3-4-10-21(17)25)15-20-16-24-14-6-9-18-8-5-11-22(26-20)23(18)24/h3-15H,2,16H2,1H3/q+2/b20-15-. The highest BCUT2D eigenvalue weighted by Gasteiger charge is 2.25. The molecule has 0 amide bonds. The van der Waals surface area contributed by atoms with Gasteiger partial charge in [0.15, 0.2) is 17.7 Å². The minimum Gasteiger partial charge on any atom is -0.448 e. The van der Waals surface area contributed by atoms with Crippen LogP contribution in [0.5, 0.6) is 5.75 Å². The van der Waals surface area contributed by atoms with Crippen LogP contribution < -0.4 is 13.9 Å². The van der Waals surface area contributed by atoms with E-state index in [1.54, 1.807) is 0 Å². The van der Waals surface area contributed by atoms with Gasteiger partial charge in [-0.05, 0) is 37.3 Å². The van der Waals surface area contributed by atoms with Crippen molar-refractivity contribution >= 4 is 27.9 Å². The molecule has 0 saturated carbocycles. The summed E-state index contributed by atoms with van der Waals surface area (Å²) in [6, 6.07) is 23.3. The number of hydrogen-bond donors (Lipinski definition) is 0. The van der Waals surface area contributed by atoms with Gasteiger partial charge in [0.25, 0.3) is 5.52 Å². The minimum absolute atomic E-state index is 0.741. The van der Waals surface area contributed by atoms with E-state index < -0.39 is 0 Å². The van der Waals surface area contributed by atoms with Gasteiger partial charge in [-0.3, -0.25) is 0 Å². The van der Waals surface area contributed by atoms with E-state index in [1.165, 1.54) is 16.3 Å². The zero-order valence-electron chi connectivity index (χ0n) is 14.7. The van der Waals surface area contributed by atoms with Crippen LogP contribution in [0.15, 0.2) is 78.7 Å². The number of aryl methyl sites for hydroxylation is 1. The number of pyridine rings is 2. The number of rotatable bonds is 2. The Morgan fingerprint density at radius 2 is 1.77 bits per heavy atom. The number of allylic oxidation sites excluding steroid dienone is 1. The number of benzene rings is 2. The van der Waals surface area contributed by atoms with Crippen LogP contribution in [-0.4, -0.2) is 0 Å². The van der Waals surface area contributed by atoms with Crippen LogP contribution in [0.3, 0.4) is 0 Å². The molecule has 126 valence electrons. The van der Waals surface area contributed by atoms with E-state index in [1.807, 2.05) is 12.1 Å². The van der Waals surface area contributed by atoms with Gasteiger partial charge in [-0.1, -0.05) is 18.2 Å². The lowest BCUT2D eigenvalue weighted by molar-refractivity contribution is -0.672. The molecule has 0 radical (unpaired) electrons. The number of hydrogen-bond acceptors (Lipinski definition) is 1. The summed E-state index contributed by atoms with van der Waals surface area (Å²) in [4.78, 5) is 0. The molecule has 2 aromatic carbocycles. The van der Waals surface area contributed by atoms with Gasteiger partial charge in [0.1, 0.15) is 6.54 Å². The van der Waals surface area contributed by atoms with Crippen molar-refractivity contribution in [3.05, 3.63) is 84.4 Å². The first kappa shape index (κ1) is 15.1. The summed E-state index contributed by atoms with van der Waals surface area (Å²) in [6.07, 6.45) is 4.29. The molecule has 3 nitrogen and oxygen atoms in total. The Hall–Kier alpha value is -3.20. The van der Waals surface area contributed by atoms with Crippen molar-refractivity contribution in [2.24, 2.45) is 0 Å². The summed E-state index contributed by atoms with van der Waals surface area (Å²) in [6.45, 7) is 3.84. The Kier molecular flexibility index (Phi) is 3.45. The average molecular weight is 340 g/mol. The van der Waals surface area contributed by atoms with E-state index in [2.05, 4.69) is 82.9 Å². The summed E-state index contributed by atoms with van der Waals surface area (Å²) in [5, 5.41) is 2.46. The molecule has 0 unspecified atom stereocenters. The number of ether oxygens (including phenoxy) is 1. The fourth-order valence-corrected chi connectivity index (χ4v) is 3.86. The lowest BCUT2D eigenvalue weighted by Crippen LogP contribution is -2.40. The Bertz CT molecular complexity index is 1130. The maximum absolute atomic E-state index is 6.25. The molecule has 0 atom stereocenters. The maximum Gasteiger partial charge on any atom is 0.255 e. The molecule has 0 saturated heterocycles. The highest BCUT2D eigenvalue weighted by atomic mass is 16.5. The molecule has 26 heavy (non-hydrogen) atoms. The summed E-state index contributed by atoms with van der Waals surface area (Å²) in [7, 11) is 0. The lowest BCUT2D eigenvalue weighted by Gasteiger charge is -2.15. The first-order valence-corrected chi connectivity index (χ1v) is 9.05. The molecule has 0 N–H and O–H groups in total. The van der Waals surface area contributed by atoms with Gasteiger partial charge in [0, 0.05) is 23.6 Å². The predicted octanol–water partition coefficient (Wildman–Crippen LogP) is 4.02. The highest BCUT2D eigenvalue weighted by Crippen LogP contribution is 2.28. The highest BCUT2D eigenvalue weighted by molar-refractivity contribution is 5.82. The van der Waals surface area contributed by atoms with Crippen molar-refractivity contribution in [3.63, 3.8) is 0 Å². The van der Waals surface area contributed by atoms with Crippen molar-refractivity contribution in [3.8, 4) is 5.75 Å². The summed E-state index contributed by atoms with van der Waals surface area (Å²) in [5.74, 6) is 1.88. The second kappa shape index (κ2) is 5.95. The normalized spacial score (nSPS) is 14.7. The molecule has 2 aromatic heterocycles. The number of fused-ring (bicyclic) bond motifs is 1. The second-order valence-electron chi connectivity index (χ2n) is 6.60. The van der Waals surface area contributed by atoms with Gasteiger partial charge in [0.2, 0.25) is 17.8 Å². The van der Waals surface area contributed by atoms with Gasteiger partial charge in [-0.25, -0.2) is 0 Å². The quantitative estimate of drug-likeness (QED) is 0.504. The van der Waals surface area contributed by atoms with Gasteiger partial charge >= 0.3 is 0 Å². The minimum atomic E-state index is 0.741. The molecular formula is C23H20N2O+2. The zero-order valence-corrected chi connectivity index (χ0v) is 14.7. The van der Waals surface area contributed by atoms with E-state index in [4.69, 9.17) is 4.74 Å². The second-order valence-corrected chi connectivity index (χ2v) is 6.60. The smallest absolute Gasteiger partial charge is 0.255 e. The molecule has 3 heteroatoms. The predicted molar refractivity (Wildman–Crippen MR) is 103 cm³/mol. The third-order valence-corrected chi connectivity index (χ3v) is 5.02. The van der Waals surface area contributed by atoms with Crippen LogP contribution in [0.1, 0.15) is 12.6 Å². The van der Waals surface area contributed by atoms with Crippen LogP contribution in [0.25, 0.3) is 27.9 Å². The molecule has 0 fully saturated rings. The van der Waals surface area contributed by atoms with E-state index >= 15 is 0 Å². The van der Waals surface area contributed by atoms with E-state index in [0.29, 0.717) is 0 Å². The lowest BCUT2D eigenvalue weighted by atomic mass is 10.1. The molecule has 1 aliphatic heterocycles. The van der Waals surface area contributed by atoms with Crippen molar-refractivity contribution in [2.75, 3.05) is 0 Å². The molecule has 0 bridgehead atoms. The SMILES string of the molecule is CC[n+]1c(/C=C2/C[n+]3cccc4cccc(c43)O2)ccc2ccccc21. The summed E-state index contributed by atoms with van der Waals surface area (Å²) >= 11 is 0. The largest absolute Gasteiger partial charge is 0.448 e. The van der Waals surface area contributed by atoms with Crippen molar-refractivity contribution in [1.82, 2.24) is 0 Å². The molecule has 4 aromatic rings. The topological polar surface area (TPSA) is 17.0 Å². The fraction of sp³-hybridized carbons (Fsp3) is 0.130. The van der Waals surface area contributed by atoms with Crippen LogP contribution >= 0.6 is 0 Å². The van der Waals surface area contributed by atoms with Crippen LogP contribution in [0.4, 0.5) is 0 Å². The van der Waals surface area contributed by atoms with Gasteiger partial charge in [0.05, 0.1) is 11.5 Å². The Balaban J connectivity index is 1.63. The van der Waals surface area contributed by atoms with Crippen molar-refractivity contribution in [2.45, 2.75) is 20.0 Å². The molecule has 0 spiro atoms. The monoisotopic (exact) mass is 340 g/mol. The molecule has 1 aliphatic rings. The Morgan fingerprint density at radius 3 is 2.69 bits per heavy atom. The van der Waals surface area contributed by atoms with Crippen molar-refractivity contribution < 1.29 is 13.9 Å². The van der Waals surface area contributed by atoms with E-state index in [-0.39, 0.29) is 0 Å². The third-order valence-electron chi connectivity index (χ3n) is 5.02. The third kappa shape index (κ3) is 2.36. The van der Waals surface area contributed by atoms with E-state index in [0.717, 1.165) is 35.8 Å². The maximum atomic E-state index is 6.25. The number of aromatic nitrogens is 2. The van der Waals surface area contributed by atoms with Crippen LogP contribution in [0.2, 0.25) is 0 Å².